The maximum Gasteiger partial charge on any atom is 0.276 e. The van der Waals surface area contributed by atoms with Crippen LogP contribution in [0.1, 0.15) is 20.3 Å². The summed E-state index contributed by atoms with van der Waals surface area (Å²) in [6.07, 6.45) is 0.791. The molecule has 0 aliphatic carbocycles. The molecule has 0 atom stereocenters. The first-order valence-corrected chi connectivity index (χ1v) is 5.88. The fourth-order valence-corrected chi connectivity index (χ4v) is 1.32. The van der Waals surface area contributed by atoms with Crippen molar-refractivity contribution in [2.45, 2.75) is 26.3 Å². The Balaban J connectivity index is 3.37. The summed E-state index contributed by atoms with van der Waals surface area (Å²) in [6, 6.07) is 0.445. The molecule has 80 valence electrons. The maximum absolute atomic E-state index is 10.9. The van der Waals surface area contributed by atoms with Crippen molar-refractivity contribution in [3.63, 3.8) is 0 Å². The van der Waals surface area contributed by atoms with Crippen LogP contribution in [0.15, 0.2) is 0 Å². The van der Waals surface area contributed by atoms with E-state index in [0.29, 0.717) is 12.6 Å². The van der Waals surface area contributed by atoms with E-state index < -0.39 is 10.2 Å². The van der Waals surface area contributed by atoms with E-state index in [-0.39, 0.29) is 0 Å². The lowest BCUT2D eigenvalue weighted by Gasteiger charge is -2.08. The van der Waals surface area contributed by atoms with Crippen LogP contribution >= 0.6 is 0 Å². The van der Waals surface area contributed by atoms with Crippen LogP contribution in [0.4, 0.5) is 0 Å². The molecule has 0 aromatic carbocycles. The molecule has 0 heterocycles. The van der Waals surface area contributed by atoms with Crippen LogP contribution in [0, 0.1) is 0 Å². The van der Waals surface area contributed by atoms with Crippen LogP contribution in [0.25, 0.3) is 0 Å². The SMILES string of the molecule is CNS(=O)(=O)NCCCNC(C)C. The first-order chi connectivity index (χ1) is 5.98. The van der Waals surface area contributed by atoms with Crippen LogP contribution < -0.4 is 14.8 Å². The fraction of sp³-hybridized carbons (Fsp3) is 1.00. The smallest absolute Gasteiger partial charge is 0.276 e. The van der Waals surface area contributed by atoms with Crippen LogP contribution in [0.5, 0.6) is 0 Å². The third-order valence-electron chi connectivity index (χ3n) is 1.47. The van der Waals surface area contributed by atoms with Crippen molar-refractivity contribution in [3.8, 4) is 0 Å². The van der Waals surface area contributed by atoms with Gasteiger partial charge in [0.1, 0.15) is 0 Å². The Hall–Kier alpha value is -0.170. The number of hydrogen-bond acceptors (Lipinski definition) is 3. The highest BCUT2D eigenvalue weighted by atomic mass is 32.2. The van der Waals surface area contributed by atoms with Gasteiger partial charge in [-0.25, -0.2) is 9.44 Å². The van der Waals surface area contributed by atoms with Gasteiger partial charge in [-0.05, 0) is 13.0 Å². The van der Waals surface area contributed by atoms with E-state index in [1.165, 1.54) is 7.05 Å². The molecule has 13 heavy (non-hydrogen) atoms. The van der Waals surface area contributed by atoms with Crippen LogP contribution in [-0.2, 0) is 10.2 Å². The lowest BCUT2D eigenvalue weighted by atomic mass is 10.3. The zero-order valence-electron chi connectivity index (χ0n) is 8.42. The predicted octanol–water partition coefficient (Wildman–Crippen LogP) is -0.572. The monoisotopic (exact) mass is 209 g/mol. The molecule has 0 amide bonds. The maximum atomic E-state index is 10.9. The topological polar surface area (TPSA) is 70.2 Å². The van der Waals surface area contributed by atoms with Crippen molar-refractivity contribution in [1.82, 2.24) is 14.8 Å². The number of rotatable bonds is 7. The Bertz CT molecular complexity index is 214. The highest BCUT2D eigenvalue weighted by Gasteiger charge is 2.03. The molecule has 0 rings (SSSR count). The van der Waals surface area contributed by atoms with Gasteiger partial charge in [-0.2, -0.15) is 8.42 Å². The first kappa shape index (κ1) is 12.8. The average molecular weight is 209 g/mol. The second-order valence-electron chi connectivity index (χ2n) is 3.06. The number of hydrogen-bond donors (Lipinski definition) is 3. The lowest BCUT2D eigenvalue weighted by Crippen LogP contribution is -2.36. The molecule has 0 fully saturated rings. The summed E-state index contributed by atoms with van der Waals surface area (Å²) in [7, 11) is -1.86. The van der Waals surface area contributed by atoms with Gasteiger partial charge in [0.2, 0.25) is 0 Å². The zero-order valence-corrected chi connectivity index (χ0v) is 9.24. The van der Waals surface area contributed by atoms with E-state index in [4.69, 9.17) is 0 Å². The Labute approximate surface area is 80.5 Å². The average Bonchev–Trinajstić information content (AvgIpc) is 2.03. The van der Waals surface area contributed by atoms with Gasteiger partial charge >= 0.3 is 0 Å². The standard InChI is InChI=1S/C7H19N3O2S/c1-7(2)9-5-4-6-10-13(11,12)8-3/h7-10H,4-6H2,1-3H3. The molecule has 0 aromatic rings. The largest absolute Gasteiger partial charge is 0.314 e. The first-order valence-electron chi connectivity index (χ1n) is 4.39. The van der Waals surface area contributed by atoms with Gasteiger partial charge in [0, 0.05) is 19.6 Å². The van der Waals surface area contributed by atoms with Gasteiger partial charge in [-0.1, -0.05) is 13.8 Å². The fourth-order valence-electron chi connectivity index (χ4n) is 0.758. The van der Waals surface area contributed by atoms with Gasteiger partial charge in [0.25, 0.3) is 10.2 Å². The van der Waals surface area contributed by atoms with Gasteiger partial charge in [-0.15, -0.1) is 0 Å². The number of nitrogens with one attached hydrogen (secondary N) is 3. The molecule has 0 radical (unpaired) electrons. The summed E-state index contributed by atoms with van der Waals surface area (Å²) < 4.78 is 26.3. The molecular weight excluding hydrogens is 190 g/mol. The second-order valence-corrected chi connectivity index (χ2v) is 4.77. The lowest BCUT2D eigenvalue weighted by molar-refractivity contribution is 0.550. The third-order valence-corrected chi connectivity index (χ3v) is 2.59. The van der Waals surface area contributed by atoms with Crippen LogP contribution in [-0.4, -0.2) is 34.6 Å². The Morgan fingerprint density at radius 2 is 1.85 bits per heavy atom. The summed E-state index contributed by atoms with van der Waals surface area (Å²) in [5.41, 5.74) is 0. The molecule has 3 N–H and O–H groups in total. The van der Waals surface area contributed by atoms with Crippen LogP contribution in [0.2, 0.25) is 0 Å². The van der Waals surface area contributed by atoms with Crippen molar-refractivity contribution >= 4 is 10.2 Å². The van der Waals surface area contributed by atoms with E-state index in [1.54, 1.807) is 0 Å². The Kier molecular flexibility index (Phi) is 6.23. The van der Waals surface area contributed by atoms with Gasteiger partial charge < -0.3 is 5.32 Å². The second kappa shape index (κ2) is 6.31. The van der Waals surface area contributed by atoms with Crippen molar-refractivity contribution in [2.75, 3.05) is 20.1 Å². The summed E-state index contributed by atoms with van der Waals surface area (Å²) in [4.78, 5) is 0. The molecule has 0 aliphatic rings. The normalized spacial score (nSPS) is 12.3. The van der Waals surface area contributed by atoms with E-state index in [9.17, 15) is 8.42 Å². The molecule has 0 bridgehead atoms. The molecule has 5 nitrogen and oxygen atoms in total. The van der Waals surface area contributed by atoms with Crippen molar-refractivity contribution in [2.24, 2.45) is 0 Å². The molecule has 0 unspecified atom stereocenters. The molecule has 0 saturated carbocycles. The minimum Gasteiger partial charge on any atom is -0.314 e. The van der Waals surface area contributed by atoms with E-state index >= 15 is 0 Å². The van der Waals surface area contributed by atoms with Crippen molar-refractivity contribution in [3.05, 3.63) is 0 Å². The predicted molar refractivity (Wildman–Crippen MR) is 53.7 cm³/mol. The molecule has 0 saturated heterocycles. The third kappa shape index (κ3) is 8.17. The quantitative estimate of drug-likeness (QED) is 0.492. The molecule has 0 spiro atoms. The zero-order chi connectivity index (χ0) is 10.3. The summed E-state index contributed by atoms with van der Waals surface area (Å²) in [6.45, 7) is 5.39. The minimum atomic E-state index is -3.25. The van der Waals surface area contributed by atoms with Gasteiger partial charge in [-0.3, -0.25) is 0 Å². The molecule has 0 aliphatic heterocycles. The van der Waals surface area contributed by atoms with E-state index in [2.05, 4.69) is 28.6 Å². The summed E-state index contributed by atoms with van der Waals surface area (Å²) in [5.74, 6) is 0. The molecule has 0 aromatic heterocycles. The highest BCUT2D eigenvalue weighted by molar-refractivity contribution is 7.87. The van der Waals surface area contributed by atoms with Crippen LogP contribution in [0.3, 0.4) is 0 Å². The minimum absolute atomic E-state index is 0.445. The van der Waals surface area contributed by atoms with Gasteiger partial charge in [0.05, 0.1) is 0 Å². The summed E-state index contributed by atoms with van der Waals surface area (Å²) in [5, 5.41) is 3.19. The van der Waals surface area contributed by atoms with Crippen molar-refractivity contribution < 1.29 is 8.42 Å². The Morgan fingerprint density at radius 3 is 2.31 bits per heavy atom. The van der Waals surface area contributed by atoms with E-state index in [1.807, 2.05) is 0 Å². The van der Waals surface area contributed by atoms with Crippen molar-refractivity contribution in [1.29, 1.82) is 0 Å². The Morgan fingerprint density at radius 1 is 1.23 bits per heavy atom. The molecular formula is C7H19N3O2S. The molecule has 6 heteroatoms. The van der Waals surface area contributed by atoms with Gasteiger partial charge in [0.15, 0.2) is 0 Å². The highest BCUT2D eigenvalue weighted by Crippen LogP contribution is 1.80. The summed E-state index contributed by atoms with van der Waals surface area (Å²) >= 11 is 0. The van der Waals surface area contributed by atoms with E-state index in [0.717, 1.165) is 13.0 Å².